The first-order valence-corrected chi connectivity index (χ1v) is 6.89. The highest BCUT2D eigenvalue weighted by molar-refractivity contribution is 5.92. The van der Waals surface area contributed by atoms with Crippen LogP contribution in [0.5, 0.6) is 11.5 Å². The fraction of sp³-hybridized carbons (Fsp3) is 0.467. The third-order valence-electron chi connectivity index (χ3n) is 2.82. The first-order valence-electron chi connectivity index (χ1n) is 6.89. The summed E-state index contributed by atoms with van der Waals surface area (Å²) in [5.41, 5.74) is 0.330. The van der Waals surface area contributed by atoms with Crippen LogP contribution in [0.2, 0.25) is 0 Å². The van der Waals surface area contributed by atoms with E-state index in [-0.39, 0.29) is 12.5 Å². The van der Waals surface area contributed by atoms with E-state index in [1.54, 1.807) is 18.2 Å². The maximum Gasteiger partial charge on any atom is 0.338 e. The molecule has 1 aromatic rings. The van der Waals surface area contributed by atoms with E-state index in [4.69, 9.17) is 14.2 Å². The summed E-state index contributed by atoms with van der Waals surface area (Å²) in [4.78, 5) is 23.4. The van der Waals surface area contributed by atoms with Crippen molar-refractivity contribution in [3.63, 3.8) is 0 Å². The Balaban J connectivity index is 1.87. The van der Waals surface area contributed by atoms with Crippen molar-refractivity contribution < 1.29 is 23.8 Å². The van der Waals surface area contributed by atoms with Crippen LogP contribution < -0.4 is 14.8 Å². The zero-order valence-electron chi connectivity index (χ0n) is 12.2. The maximum atomic E-state index is 11.9. The number of ether oxygens (including phenoxy) is 3. The molecular weight excluding hydrogens is 274 g/mol. The summed E-state index contributed by atoms with van der Waals surface area (Å²) in [5.74, 6) is 0.594. The molecule has 0 saturated heterocycles. The Morgan fingerprint density at radius 2 is 1.95 bits per heavy atom. The van der Waals surface area contributed by atoms with E-state index in [2.05, 4.69) is 5.32 Å². The van der Waals surface area contributed by atoms with Crippen molar-refractivity contribution in [2.45, 2.75) is 13.8 Å². The Morgan fingerprint density at radius 3 is 2.67 bits per heavy atom. The van der Waals surface area contributed by atoms with Gasteiger partial charge in [0.15, 0.2) is 18.1 Å². The standard InChI is InChI=1S/C15H19NO5/c1-10(2)8-16-14(17)9-21-15(18)11-3-4-12-13(7-11)20-6-5-19-12/h3-4,7,10H,5-6,8-9H2,1-2H3,(H,16,17). The lowest BCUT2D eigenvalue weighted by molar-refractivity contribution is -0.124. The quantitative estimate of drug-likeness (QED) is 0.830. The highest BCUT2D eigenvalue weighted by atomic mass is 16.6. The zero-order chi connectivity index (χ0) is 15.2. The van der Waals surface area contributed by atoms with Crippen molar-refractivity contribution in [3.8, 4) is 11.5 Å². The minimum absolute atomic E-state index is 0.292. The molecule has 114 valence electrons. The molecule has 2 rings (SSSR count). The highest BCUT2D eigenvalue weighted by Gasteiger charge is 2.16. The second kappa shape index (κ2) is 6.97. The molecule has 1 heterocycles. The molecule has 0 aliphatic carbocycles. The van der Waals surface area contributed by atoms with Crippen molar-refractivity contribution in [2.75, 3.05) is 26.4 Å². The van der Waals surface area contributed by atoms with Gasteiger partial charge in [0.1, 0.15) is 13.2 Å². The number of rotatable bonds is 5. The largest absolute Gasteiger partial charge is 0.486 e. The molecule has 1 amide bonds. The minimum atomic E-state index is -0.563. The molecule has 0 aromatic heterocycles. The SMILES string of the molecule is CC(C)CNC(=O)COC(=O)c1ccc2c(c1)OCCO2. The molecule has 0 fully saturated rings. The Morgan fingerprint density at radius 1 is 1.24 bits per heavy atom. The molecule has 21 heavy (non-hydrogen) atoms. The van der Waals surface area contributed by atoms with Crippen LogP contribution in [0.3, 0.4) is 0 Å². The number of nitrogens with one attached hydrogen (secondary N) is 1. The van der Waals surface area contributed by atoms with Gasteiger partial charge in [-0.05, 0) is 24.1 Å². The molecule has 0 radical (unpaired) electrons. The summed E-state index contributed by atoms with van der Waals surface area (Å²) in [6.45, 7) is 5.18. The van der Waals surface area contributed by atoms with Gasteiger partial charge < -0.3 is 19.5 Å². The Hall–Kier alpha value is -2.24. The van der Waals surface area contributed by atoms with Crippen LogP contribution in [0.25, 0.3) is 0 Å². The number of hydrogen-bond donors (Lipinski definition) is 1. The molecule has 6 heteroatoms. The van der Waals surface area contributed by atoms with Crippen LogP contribution in [0.4, 0.5) is 0 Å². The van der Waals surface area contributed by atoms with Gasteiger partial charge in [-0.15, -0.1) is 0 Å². The van der Waals surface area contributed by atoms with Gasteiger partial charge in [-0.3, -0.25) is 4.79 Å². The van der Waals surface area contributed by atoms with E-state index in [1.165, 1.54) is 0 Å². The van der Waals surface area contributed by atoms with E-state index in [0.29, 0.717) is 42.7 Å². The van der Waals surface area contributed by atoms with Gasteiger partial charge in [-0.25, -0.2) is 4.79 Å². The number of carbonyl (C=O) groups is 2. The van der Waals surface area contributed by atoms with Gasteiger partial charge in [0.2, 0.25) is 0 Å². The third-order valence-corrected chi connectivity index (χ3v) is 2.82. The molecule has 1 aliphatic rings. The zero-order valence-corrected chi connectivity index (χ0v) is 12.2. The monoisotopic (exact) mass is 293 g/mol. The van der Waals surface area contributed by atoms with E-state index < -0.39 is 5.97 Å². The second-order valence-electron chi connectivity index (χ2n) is 5.13. The summed E-state index contributed by atoms with van der Waals surface area (Å²) < 4.78 is 15.7. The van der Waals surface area contributed by atoms with Crippen molar-refractivity contribution in [1.82, 2.24) is 5.32 Å². The van der Waals surface area contributed by atoms with Crippen LogP contribution in [-0.2, 0) is 9.53 Å². The Bertz CT molecular complexity index is 527. The third kappa shape index (κ3) is 4.37. The molecule has 6 nitrogen and oxygen atoms in total. The number of hydrogen-bond acceptors (Lipinski definition) is 5. The number of carbonyl (C=O) groups excluding carboxylic acids is 2. The fourth-order valence-corrected chi connectivity index (χ4v) is 1.75. The highest BCUT2D eigenvalue weighted by Crippen LogP contribution is 2.30. The molecule has 0 spiro atoms. The second-order valence-corrected chi connectivity index (χ2v) is 5.13. The van der Waals surface area contributed by atoms with E-state index >= 15 is 0 Å². The van der Waals surface area contributed by atoms with Crippen LogP contribution in [0.15, 0.2) is 18.2 Å². The van der Waals surface area contributed by atoms with Gasteiger partial charge >= 0.3 is 5.97 Å². The number of amides is 1. The molecule has 0 saturated carbocycles. The topological polar surface area (TPSA) is 73.9 Å². The summed E-state index contributed by atoms with van der Waals surface area (Å²) in [6.07, 6.45) is 0. The van der Waals surface area contributed by atoms with Gasteiger partial charge in [0, 0.05) is 6.54 Å². The number of benzene rings is 1. The normalized spacial score (nSPS) is 12.9. The summed E-state index contributed by atoms with van der Waals surface area (Å²) in [6, 6.07) is 4.80. The Kier molecular flexibility index (Phi) is 5.03. The van der Waals surface area contributed by atoms with Crippen LogP contribution in [0, 0.1) is 5.92 Å². The van der Waals surface area contributed by atoms with Crippen LogP contribution in [-0.4, -0.2) is 38.2 Å². The molecule has 0 atom stereocenters. The minimum Gasteiger partial charge on any atom is -0.486 e. The van der Waals surface area contributed by atoms with Crippen LogP contribution in [0.1, 0.15) is 24.2 Å². The van der Waals surface area contributed by atoms with Crippen molar-refractivity contribution in [1.29, 1.82) is 0 Å². The lowest BCUT2D eigenvalue weighted by Crippen LogP contribution is -2.31. The molecular formula is C15H19NO5. The molecule has 1 N–H and O–H groups in total. The van der Waals surface area contributed by atoms with Gasteiger partial charge in [-0.1, -0.05) is 13.8 Å². The molecule has 0 bridgehead atoms. The summed E-state index contributed by atoms with van der Waals surface area (Å²) in [7, 11) is 0. The van der Waals surface area contributed by atoms with Crippen molar-refractivity contribution in [2.24, 2.45) is 5.92 Å². The van der Waals surface area contributed by atoms with Crippen molar-refractivity contribution >= 4 is 11.9 Å². The Labute approximate surface area is 123 Å². The maximum absolute atomic E-state index is 11.9. The lowest BCUT2D eigenvalue weighted by Gasteiger charge is -2.18. The number of fused-ring (bicyclic) bond motifs is 1. The van der Waals surface area contributed by atoms with Crippen LogP contribution >= 0.6 is 0 Å². The van der Waals surface area contributed by atoms with E-state index in [1.807, 2.05) is 13.8 Å². The molecule has 1 aromatic carbocycles. The average molecular weight is 293 g/mol. The fourth-order valence-electron chi connectivity index (χ4n) is 1.75. The van der Waals surface area contributed by atoms with Gasteiger partial charge in [-0.2, -0.15) is 0 Å². The van der Waals surface area contributed by atoms with E-state index in [9.17, 15) is 9.59 Å². The predicted octanol–water partition coefficient (Wildman–Crippen LogP) is 1.39. The first kappa shape index (κ1) is 15.2. The van der Waals surface area contributed by atoms with Gasteiger partial charge in [0.05, 0.1) is 5.56 Å². The average Bonchev–Trinajstić information content (AvgIpc) is 2.50. The number of esters is 1. The van der Waals surface area contributed by atoms with E-state index in [0.717, 1.165) is 0 Å². The first-order chi connectivity index (χ1) is 10.1. The summed E-state index contributed by atoms with van der Waals surface area (Å²) in [5, 5.41) is 2.68. The van der Waals surface area contributed by atoms with Gasteiger partial charge in [0.25, 0.3) is 5.91 Å². The predicted molar refractivity (Wildman–Crippen MR) is 75.6 cm³/mol. The summed E-state index contributed by atoms with van der Waals surface area (Å²) >= 11 is 0. The smallest absolute Gasteiger partial charge is 0.338 e. The molecule has 1 aliphatic heterocycles. The van der Waals surface area contributed by atoms with Crippen molar-refractivity contribution in [3.05, 3.63) is 23.8 Å². The lowest BCUT2D eigenvalue weighted by atomic mass is 10.2. The molecule has 0 unspecified atom stereocenters.